The van der Waals surface area contributed by atoms with E-state index >= 15 is 0 Å². The van der Waals surface area contributed by atoms with Crippen LogP contribution < -0.4 is 0 Å². The molecular formula is C15H15N3O. The first-order chi connectivity index (χ1) is 9.25. The van der Waals surface area contributed by atoms with Gasteiger partial charge < -0.3 is 5.11 Å². The van der Waals surface area contributed by atoms with Crippen LogP contribution in [0.5, 0.6) is 0 Å². The van der Waals surface area contributed by atoms with Gasteiger partial charge in [0.05, 0.1) is 11.2 Å². The van der Waals surface area contributed by atoms with Gasteiger partial charge in [-0.3, -0.25) is 9.67 Å². The summed E-state index contributed by atoms with van der Waals surface area (Å²) in [7, 11) is 1.89. The Bertz CT molecular complexity index is 691. The number of aryl methyl sites for hydroxylation is 1. The summed E-state index contributed by atoms with van der Waals surface area (Å²) in [5, 5.41) is 15.8. The minimum atomic E-state index is -0.603. The highest BCUT2D eigenvalue weighted by Crippen LogP contribution is 2.25. The Balaban J connectivity index is 1.96. The lowest BCUT2D eigenvalue weighted by Crippen LogP contribution is -2.04. The summed E-state index contributed by atoms with van der Waals surface area (Å²) in [5.74, 6) is 0. The number of benzene rings is 1. The van der Waals surface area contributed by atoms with Gasteiger partial charge in [0.25, 0.3) is 0 Å². The maximum Gasteiger partial charge on any atom is 0.102 e. The molecule has 19 heavy (non-hydrogen) atoms. The molecule has 0 aliphatic rings. The van der Waals surface area contributed by atoms with E-state index in [1.165, 1.54) is 0 Å². The third-order valence-electron chi connectivity index (χ3n) is 3.28. The Hall–Kier alpha value is -2.20. The van der Waals surface area contributed by atoms with Crippen molar-refractivity contribution in [2.24, 2.45) is 7.05 Å². The van der Waals surface area contributed by atoms with Gasteiger partial charge >= 0.3 is 0 Å². The second-order valence-electron chi connectivity index (χ2n) is 4.60. The summed E-state index contributed by atoms with van der Waals surface area (Å²) in [6.07, 6.45) is 3.41. The Labute approximate surface area is 111 Å². The van der Waals surface area contributed by atoms with Crippen LogP contribution in [0.2, 0.25) is 0 Å². The molecule has 0 saturated carbocycles. The maximum atomic E-state index is 10.4. The van der Waals surface area contributed by atoms with Crippen molar-refractivity contribution in [1.82, 2.24) is 14.8 Å². The fourth-order valence-corrected chi connectivity index (χ4v) is 2.33. The topological polar surface area (TPSA) is 50.9 Å². The summed E-state index contributed by atoms with van der Waals surface area (Å²) in [6, 6.07) is 11.8. The van der Waals surface area contributed by atoms with Crippen LogP contribution in [0.15, 0.2) is 48.8 Å². The van der Waals surface area contributed by atoms with Crippen LogP contribution in [0.4, 0.5) is 0 Å². The lowest BCUT2D eigenvalue weighted by atomic mass is 10.0. The lowest BCUT2D eigenvalue weighted by molar-refractivity contribution is 0.174. The van der Waals surface area contributed by atoms with Crippen LogP contribution in [-0.4, -0.2) is 19.9 Å². The fraction of sp³-hybridized carbons (Fsp3) is 0.200. The van der Waals surface area contributed by atoms with Crippen LogP contribution >= 0.6 is 0 Å². The average molecular weight is 253 g/mol. The van der Waals surface area contributed by atoms with Crippen molar-refractivity contribution in [3.8, 4) is 0 Å². The molecular weight excluding hydrogens is 238 g/mol. The number of fused-ring (bicyclic) bond motifs is 1. The minimum Gasteiger partial charge on any atom is -0.386 e. The molecule has 4 heteroatoms. The minimum absolute atomic E-state index is 0.545. The number of aliphatic hydroxyl groups excluding tert-OH is 1. The zero-order valence-corrected chi connectivity index (χ0v) is 10.7. The van der Waals surface area contributed by atoms with E-state index in [9.17, 15) is 5.11 Å². The van der Waals surface area contributed by atoms with Crippen molar-refractivity contribution < 1.29 is 5.11 Å². The van der Waals surface area contributed by atoms with Crippen molar-refractivity contribution in [1.29, 1.82) is 0 Å². The molecule has 0 fully saturated rings. The quantitative estimate of drug-likeness (QED) is 0.779. The number of pyridine rings is 1. The third-order valence-corrected chi connectivity index (χ3v) is 3.28. The lowest BCUT2D eigenvalue weighted by Gasteiger charge is -2.08. The third kappa shape index (κ3) is 2.22. The normalized spacial score (nSPS) is 12.7. The first-order valence-electron chi connectivity index (χ1n) is 6.24. The van der Waals surface area contributed by atoms with Crippen molar-refractivity contribution in [2.75, 3.05) is 0 Å². The maximum absolute atomic E-state index is 10.4. The Morgan fingerprint density at radius 1 is 1.16 bits per heavy atom. The van der Waals surface area contributed by atoms with E-state index in [-0.39, 0.29) is 0 Å². The molecule has 3 rings (SSSR count). The average Bonchev–Trinajstić information content (AvgIpc) is 2.78. The van der Waals surface area contributed by atoms with Gasteiger partial charge in [-0.2, -0.15) is 5.10 Å². The molecule has 0 saturated heterocycles. The van der Waals surface area contributed by atoms with Crippen LogP contribution in [0, 0.1) is 0 Å². The summed E-state index contributed by atoms with van der Waals surface area (Å²) in [6.45, 7) is 0. The molecule has 2 heterocycles. The zero-order valence-electron chi connectivity index (χ0n) is 10.7. The van der Waals surface area contributed by atoms with E-state index in [0.29, 0.717) is 6.42 Å². The first-order valence-corrected chi connectivity index (χ1v) is 6.24. The van der Waals surface area contributed by atoms with E-state index in [1.807, 2.05) is 43.4 Å². The summed E-state index contributed by atoms with van der Waals surface area (Å²) in [5.41, 5.74) is 2.82. The van der Waals surface area contributed by atoms with Gasteiger partial charge in [-0.05, 0) is 23.8 Å². The van der Waals surface area contributed by atoms with Gasteiger partial charge in [-0.15, -0.1) is 0 Å². The molecule has 0 bridgehead atoms. The number of aliphatic hydroxyl groups is 1. The number of aromatic nitrogens is 3. The highest BCUT2D eigenvalue weighted by molar-refractivity contribution is 5.82. The van der Waals surface area contributed by atoms with E-state index in [1.54, 1.807) is 17.1 Å². The number of hydrogen-bond donors (Lipinski definition) is 1. The van der Waals surface area contributed by atoms with Crippen LogP contribution in [0.1, 0.15) is 17.4 Å². The molecule has 1 N–H and O–H groups in total. The summed E-state index contributed by atoms with van der Waals surface area (Å²) in [4.78, 5) is 3.98. The fourth-order valence-electron chi connectivity index (χ4n) is 2.33. The van der Waals surface area contributed by atoms with Gasteiger partial charge in [0.2, 0.25) is 0 Å². The van der Waals surface area contributed by atoms with E-state index in [0.717, 1.165) is 22.2 Å². The molecule has 96 valence electrons. The van der Waals surface area contributed by atoms with Crippen molar-refractivity contribution in [3.05, 3.63) is 60.0 Å². The molecule has 4 nitrogen and oxygen atoms in total. The highest BCUT2D eigenvalue weighted by atomic mass is 16.3. The summed E-state index contributed by atoms with van der Waals surface area (Å²) < 4.78 is 1.81. The Morgan fingerprint density at radius 2 is 1.89 bits per heavy atom. The number of para-hydroxylation sites is 1. The van der Waals surface area contributed by atoms with E-state index in [4.69, 9.17) is 0 Å². The van der Waals surface area contributed by atoms with E-state index < -0.39 is 6.10 Å². The molecule has 1 unspecified atom stereocenters. The predicted octanol–water partition coefficient (Wildman–Crippen LogP) is 2.24. The first kappa shape index (κ1) is 11.9. The van der Waals surface area contributed by atoms with E-state index in [2.05, 4.69) is 10.1 Å². The van der Waals surface area contributed by atoms with Gasteiger partial charge in [-0.25, -0.2) is 0 Å². The second kappa shape index (κ2) is 4.82. The van der Waals surface area contributed by atoms with Crippen molar-refractivity contribution in [2.45, 2.75) is 12.5 Å². The van der Waals surface area contributed by atoms with Gasteiger partial charge in [0, 0.05) is 31.2 Å². The monoisotopic (exact) mass is 253 g/mol. The van der Waals surface area contributed by atoms with Gasteiger partial charge in [0.15, 0.2) is 0 Å². The highest BCUT2D eigenvalue weighted by Gasteiger charge is 2.16. The molecule has 0 radical (unpaired) electrons. The van der Waals surface area contributed by atoms with Crippen LogP contribution in [-0.2, 0) is 13.5 Å². The number of hydrogen-bond acceptors (Lipinski definition) is 3. The van der Waals surface area contributed by atoms with Crippen molar-refractivity contribution in [3.63, 3.8) is 0 Å². The SMILES string of the molecule is Cn1nc(C(O)Cc2ccncc2)c2ccccc21. The molecule has 0 spiro atoms. The Kier molecular flexibility index (Phi) is 3.01. The Morgan fingerprint density at radius 3 is 2.68 bits per heavy atom. The largest absolute Gasteiger partial charge is 0.386 e. The molecule has 0 amide bonds. The molecule has 3 aromatic rings. The zero-order chi connectivity index (χ0) is 13.2. The van der Waals surface area contributed by atoms with Crippen LogP contribution in [0.3, 0.4) is 0 Å². The molecule has 1 atom stereocenters. The molecule has 0 aliphatic heterocycles. The number of rotatable bonds is 3. The van der Waals surface area contributed by atoms with Gasteiger partial charge in [0.1, 0.15) is 6.10 Å². The van der Waals surface area contributed by atoms with Gasteiger partial charge in [-0.1, -0.05) is 18.2 Å². The summed E-state index contributed by atoms with van der Waals surface area (Å²) >= 11 is 0. The predicted molar refractivity (Wildman–Crippen MR) is 73.6 cm³/mol. The number of nitrogens with zero attached hydrogens (tertiary/aromatic N) is 3. The second-order valence-corrected chi connectivity index (χ2v) is 4.60. The molecule has 0 aliphatic carbocycles. The van der Waals surface area contributed by atoms with Crippen LogP contribution in [0.25, 0.3) is 10.9 Å². The standard InChI is InChI=1S/C15H15N3O/c1-18-13-5-3-2-4-12(13)15(17-18)14(19)10-11-6-8-16-9-7-11/h2-9,14,19H,10H2,1H3. The van der Waals surface area contributed by atoms with Crippen molar-refractivity contribution >= 4 is 10.9 Å². The smallest absolute Gasteiger partial charge is 0.102 e. The molecule has 2 aromatic heterocycles. The molecule has 1 aromatic carbocycles.